The molecule has 1 heterocycles. The zero-order chi connectivity index (χ0) is 20.3. The van der Waals surface area contributed by atoms with E-state index in [1.54, 1.807) is 18.2 Å². The van der Waals surface area contributed by atoms with Gasteiger partial charge in [0.1, 0.15) is 12.4 Å². The van der Waals surface area contributed by atoms with E-state index in [2.05, 4.69) is 18.8 Å². The number of ketones is 1. The van der Waals surface area contributed by atoms with Gasteiger partial charge in [-0.15, -0.1) is 0 Å². The van der Waals surface area contributed by atoms with Gasteiger partial charge in [0, 0.05) is 39.5 Å². The number of carbonyl (C=O) groups is 1. The van der Waals surface area contributed by atoms with Gasteiger partial charge in [-0.25, -0.2) is 8.42 Å². The van der Waals surface area contributed by atoms with Crippen LogP contribution in [0.25, 0.3) is 10.9 Å². The van der Waals surface area contributed by atoms with E-state index in [4.69, 9.17) is 10.5 Å². The molecule has 0 amide bonds. The van der Waals surface area contributed by atoms with Crippen molar-refractivity contribution in [1.29, 1.82) is 0 Å². The van der Waals surface area contributed by atoms with E-state index < -0.39 is 15.3 Å². The Morgan fingerprint density at radius 3 is 2.61 bits per heavy atom. The number of sulfone groups is 1. The molecule has 0 bridgehead atoms. The van der Waals surface area contributed by atoms with Gasteiger partial charge >= 0.3 is 0 Å². The molecule has 0 fully saturated rings. The number of H-pyrrole nitrogens is 1. The third-order valence-corrected chi connectivity index (χ3v) is 6.21. The molecule has 146 valence electrons. The Balaban J connectivity index is 1.79. The molecule has 0 atom stereocenters. The molecular weight excluding hydrogens is 376 g/mol. The van der Waals surface area contributed by atoms with Crippen LogP contribution in [-0.2, 0) is 15.3 Å². The minimum Gasteiger partial charge on any atom is -0.493 e. The van der Waals surface area contributed by atoms with Gasteiger partial charge in [0.2, 0.25) is 0 Å². The number of fused-ring (bicyclic) bond motifs is 4. The first-order chi connectivity index (χ1) is 13.1. The Morgan fingerprint density at radius 2 is 1.89 bits per heavy atom. The molecule has 3 aromatic rings. The maximum atomic E-state index is 13.2. The third-order valence-electron chi connectivity index (χ3n) is 5.31. The van der Waals surface area contributed by atoms with Crippen LogP contribution in [0.4, 0.5) is 5.69 Å². The molecule has 28 heavy (non-hydrogen) atoms. The molecule has 0 radical (unpaired) electrons. The number of rotatable bonds is 4. The van der Waals surface area contributed by atoms with Gasteiger partial charge in [0.05, 0.1) is 11.3 Å². The topological polar surface area (TPSA) is 102 Å². The average molecular weight is 398 g/mol. The molecule has 6 nitrogen and oxygen atoms in total. The van der Waals surface area contributed by atoms with E-state index in [9.17, 15) is 13.2 Å². The first kappa shape index (κ1) is 18.6. The predicted molar refractivity (Wildman–Crippen MR) is 110 cm³/mol. The van der Waals surface area contributed by atoms with Crippen molar-refractivity contribution in [3.8, 4) is 5.75 Å². The van der Waals surface area contributed by atoms with Crippen molar-refractivity contribution in [2.45, 2.75) is 19.3 Å². The van der Waals surface area contributed by atoms with Crippen molar-refractivity contribution < 1.29 is 17.9 Å². The molecule has 0 aliphatic heterocycles. The number of nitrogen functional groups attached to an aromatic ring is 1. The number of aromatic nitrogens is 1. The van der Waals surface area contributed by atoms with E-state index in [0.29, 0.717) is 22.6 Å². The molecule has 0 saturated carbocycles. The van der Waals surface area contributed by atoms with Crippen LogP contribution in [0.1, 0.15) is 41.0 Å². The fourth-order valence-electron chi connectivity index (χ4n) is 3.83. The van der Waals surface area contributed by atoms with Crippen LogP contribution in [0.3, 0.4) is 0 Å². The van der Waals surface area contributed by atoms with Gasteiger partial charge in [0.25, 0.3) is 0 Å². The lowest BCUT2D eigenvalue weighted by atomic mass is 9.71. The fraction of sp³-hybridized carbons (Fsp3) is 0.286. The highest BCUT2D eigenvalue weighted by Crippen LogP contribution is 2.44. The summed E-state index contributed by atoms with van der Waals surface area (Å²) < 4.78 is 28.2. The number of benzene rings is 2. The number of anilines is 1. The molecule has 2 aromatic carbocycles. The summed E-state index contributed by atoms with van der Waals surface area (Å²) in [6, 6.07) is 10.8. The molecule has 1 aliphatic rings. The Hall–Kier alpha value is -2.80. The summed E-state index contributed by atoms with van der Waals surface area (Å²) in [7, 11) is -3.10. The standard InChI is InChI=1S/C21H22N2O4S/c1-21(2)16-11-13(27-8-9-28(3,25)26)5-7-14(16)19(24)18-15-6-4-12(22)10-17(15)23-20(18)21/h4-7,10-11,23H,8-9,22H2,1-3H3. The highest BCUT2D eigenvalue weighted by Gasteiger charge is 2.39. The second kappa shape index (κ2) is 6.10. The summed E-state index contributed by atoms with van der Waals surface area (Å²) in [5.41, 5.74) is 9.92. The number of hydrogen-bond acceptors (Lipinski definition) is 5. The first-order valence-corrected chi connectivity index (χ1v) is 11.1. The third kappa shape index (κ3) is 2.96. The van der Waals surface area contributed by atoms with Gasteiger partial charge in [-0.2, -0.15) is 0 Å². The van der Waals surface area contributed by atoms with Crippen LogP contribution < -0.4 is 10.5 Å². The van der Waals surface area contributed by atoms with Gasteiger partial charge in [0.15, 0.2) is 15.6 Å². The van der Waals surface area contributed by atoms with Crippen molar-refractivity contribution in [2.24, 2.45) is 0 Å². The minimum atomic E-state index is -3.10. The molecule has 0 spiro atoms. The highest BCUT2D eigenvalue weighted by molar-refractivity contribution is 7.90. The van der Waals surface area contributed by atoms with E-state index in [1.807, 2.05) is 18.2 Å². The Bertz CT molecular complexity index is 1220. The fourth-order valence-corrected chi connectivity index (χ4v) is 4.21. The van der Waals surface area contributed by atoms with Crippen LogP contribution in [0.2, 0.25) is 0 Å². The van der Waals surface area contributed by atoms with Crippen LogP contribution in [-0.4, -0.2) is 37.8 Å². The Morgan fingerprint density at radius 1 is 1.14 bits per heavy atom. The van der Waals surface area contributed by atoms with Gasteiger partial charge in [-0.3, -0.25) is 4.79 Å². The zero-order valence-corrected chi connectivity index (χ0v) is 16.8. The second-order valence-corrected chi connectivity index (χ2v) is 10.1. The predicted octanol–water partition coefficient (Wildman–Crippen LogP) is 3.04. The van der Waals surface area contributed by atoms with Gasteiger partial charge < -0.3 is 15.5 Å². The van der Waals surface area contributed by atoms with E-state index >= 15 is 0 Å². The number of carbonyl (C=O) groups excluding carboxylic acids is 1. The molecule has 0 saturated heterocycles. The van der Waals surface area contributed by atoms with Crippen molar-refractivity contribution in [3.63, 3.8) is 0 Å². The van der Waals surface area contributed by atoms with Crippen molar-refractivity contribution in [1.82, 2.24) is 4.98 Å². The van der Waals surface area contributed by atoms with E-state index in [1.165, 1.54) is 6.26 Å². The minimum absolute atomic E-state index is 0.0389. The smallest absolute Gasteiger partial charge is 0.195 e. The number of nitrogens with one attached hydrogen (secondary N) is 1. The maximum absolute atomic E-state index is 13.2. The molecular formula is C21H22N2O4S. The SMILES string of the molecule is CC1(C)c2cc(OCCS(C)(=O)=O)ccc2C(=O)c2c1[nH]c1cc(N)ccc21. The van der Waals surface area contributed by atoms with E-state index in [-0.39, 0.29) is 18.1 Å². The largest absolute Gasteiger partial charge is 0.493 e. The molecule has 1 aliphatic carbocycles. The summed E-state index contributed by atoms with van der Waals surface area (Å²) in [6.07, 6.45) is 1.18. The number of nitrogens with two attached hydrogens (primary N) is 1. The van der Waals surface area contributed by atoms with Crippen molar-refractivity contribution in [3.05, 3.63) is 58.8 Å². The molecule has 7 heteroatoms. The highest BCUT2D eigenvalue weighted by atomic mass is 32.2. The first-order valence-electron chi connectivity index (χ1n) is 8.99. The van der Waals surface area contributed by atoms with Crippen LogP contribution in [0.5, 0.6) is 5.75 Å². The van der Waals surface area contributed by atoms with Crippen LogP contribution in [0, 0.1) is 0 Å². The zero-order valence-electron chi connectivity index (χ0n) is 16.0. The Kier molecular flexibility index (Phi) is 4.04. The van der Waals surface area contributed by atoms with Gasteiger partial charge in [-0.05, 0) is 35.9 Å². The molecule has 3 N–H and O–H groups in total. The summed E-state index contributed by atoms with van der Waals surface area (Å²) in [5, 5.41) is 0.862. The summed E-state index contributed by atoms with van der Waals surface area (Å²) in [6.45, 7) is 4.18. The average Bonchev–Trinajstić information content (AvgIpc) is 2.98. The monoisotopic (exact) mass is 398 g/mol. The summed E-state index contributed by atoms with van der Waals surface area (Å²) in [4.78, 5) is 16.6. The molecule has 4 rings (SSSR count). The van der Waals surface area contributed by atoms with E-state index in [0.717, 1.165) is 22.2 Å². The number of aromatic amines is 1. The molecule has 0 unspecified atom stereocenters. The van der Waals surface area contributed by atoms with Crippen LogP contribution in [0.15, 0.2) is 36.4 Å². The molecule has 1 aromatic heterocycles. The lowest BCUT2D eigenvalue weighted by Crippen LogP contribution is -2.30. The number of ether oxygens (including phenoxy) is 1. The second-order valence-electron chi connectivity index (χ2n) is 7.82. The lowest BCUT2D eigenvalue weighted by Gasteiger charge is -2.32. The van der Waals surface area contributed by atoms with Gasteiger partial charge in [-0.1, -0.05) is 19.9 Å². The summed E-state index contributed by atoms with van der Waals surface area (Å²) >= 11 is 0. The van der Waals surface area contributed by atoms with Crippen LogP contribution >= 0.6 is 0 Å². The maximum Gasteiger partial charge on any atom is 0.195 e. The summed E-state index contributed by atoms with van der Waals surface area (Å²) in [5.74, 6) is 0.454. The van der Waals surface area contributed by atoms with Crippen molar-refractivity contribution in [2.75, 3.05) is 24.3 Å². The quantitative estimate of drug-likeness (QED) is 0.658. The normalized spacial score (nSPS) is 15.3. The van der Waals surface area contributed by atoms with Crippen molar-refractivity contribution >= 4 is 32.2 Å². The number of hydrogen-bond donors (Lipinski definition) is 2. The lowest BCUT2D eigenvalue weighted by molar-refractivity contribution is 0.103. The Labute approximate surface area is 163 Å².